The second-order valence-corrected chi connectivity index (χ2v) is 3.71. The number of aryl methyl sites for hydroxylation is 1. The van der Waals surface area contributed by atoms with Crippen LogP contribution in [0, 0.1) is 0 Å². The fraction of sp³-hybridized carbons (Fsp3) is 0.167. The van der Waals surface area contributed by atoms with Crippen molar-refractivity contribution in [1.29, 1.82) is 0 Å². The SMILES string of the molecule is CN(c1ccccc1)c1cc(C(=O)O)nn1C. The van der Waals surface area contributed by atoms with E-state index >= 15 is 0 Å². The summed E-state index contributed by atoms with van der Waals surface area (Å²) >= 11 is 0. The molecule has 1 aromatic carbocycles. The molecule has 17 heavy (non-hydrogen) atoms. The van der Waals surface area contributed by atoms with Gasteiger partial charge in [0.2, 0.25) is 0 Å². The number of carboxylic acid groups (broad SMARTS) is 1. The Balaban J connectivity index is 2.37. The minimum absolute atomic E-state index is 0.0466. The number of aromatic carboxylic acids is 1. The predicted octanol–water partition coefficient (Wildman–Crippen LogP) is 1.89. The lowest BCUT2D eigenvalue weighted by Gasteiger charge is -2.18. The molecule has 0 saturated heterocycles. The zero-order chi connectivity index (χ0) is 12.4. The number of carbonyl (C=O) groups is 1. The van der Waals surface area contributed by atoms with Gasteiger partial charge in [-0.25, -0.2) is 4.79 Å². The third kappa shape index (κ3) is 2.13. The van der Waals surface area contributed by atoms with E-state index in [0.29, 0.717) is 0 Å². The van der Waals surface area contributed by atoms with Crippen LogP contribution in [-0.4, -0.2) is 27.9 Å². The molecular weight excluding hydrogens is 218 g/mol. The van der Waals surface area contributed by atoms with Gasteiger partial charge in [-0.3, -0.25) is 4.68 Å². The van der Waals surface area contributed by atoms with Gasteiger partial charge in [-0.15, -0.1) is 0 Å². The molecule has 0 saturated carbocycles. The van der Waals surface area contributed by atoms with E-state index in [1.165, 1.54) is 0 Å². The standard InChI is InChI=1S/C12H13N3O2/c1-14(9-6-4-3-5-7-9)11-8-10(12(16)17)13-15(11)2/h3-8H,1-2H3,(H,16,17). The van der Waals surface area contributed by atoms with E-state index in [9.17, 15) is 4.79 Å². The Kier molecular flexibility index (Phi) is 2.82. The number of rotatable bonds is 3. The van der Waals surface area contributed by atoms with Gasteiger partial charge in [0.1, 0.15) is 5.82 Å². The number of hydrogen-bond donors (Lipinski definition) is 1. The van der Waals surface area contributed by atoms with Crippen LogP contribution >= 0.6 is 0 Å². The van der Waals surface area contributed by atoms with E-state index in [0.717, 1.165) is 11.5 Å². The molecule has 5 nitrogen and oxygen atoms in total. The molecule has 0 atom stereocenters. The molecule has 0 bridgehead atoms. The maximum absolute atomic E-state index is 10.8. The van der Waals surface area contributed by atoms with Crippen molar-refractivity contribution in [3.63, 3.8) is 0 Å². The summed E-state index contributed by atoms with van der Waals surface area (Å²) in [6, 6.07) is 11.3. The largest absolute Gasteiger partial charge is 0.476 e. The van der Waals surface area contributed by atoms with Crippen molar-refractivity contribution in [2.24, 2.45) is 7.05 Å². The Labute approximate surface area is 98.9 Å². The number of aromatic nitrogens is 2. The maximum atomic E-state index is 10.8. The highest BCUT2D eigenvalue weighted by Gasteiger charge is 2.14. The van der Waals surface area contributed by atoms with Crippen molar-refractivity contribution in [3.05, 3.63) is 42.1 Å². The molecule has 0 spiro atoms. The number of anilines is 2. The topological polar surface area (TPSA) is 58.4 Å². The summed E-state index contributed by atoms with van der Waals surface area (Å²) in [5.41, 5.74) is 1.03. The molecule has 0 aliphatic heterocycles. The van der Waals surface area contributed by atoms with Crippen molar-refractivity contribution in [1.82, 2.24) is 9.78 Å². The highest BCUT2D eigenvalue weighted by molar-refractivity contribution is 5.86. The van der Waals surface area contributed by atoms with Gasteiger partial charge < -0.3 is 10.0 Å². The van der Waals surface area contributed by atoms with Crippen LogP contribution in [0.25, 0.3) is 0 Å². The van der Waals surface area contributed by atoms with Gasteiger partial charge in [0, 0.05) is 25.8 Å². The molecule has 88 valence electrons. The summed E-state index contributed by atoms with van der Waals surface area (Å²) in [7, 11) is 3.60. The van der Waals surface area contributed by atoms with Gasteiger partial charge in [0.05, 0.1) is 0 Å². The monoisotopic (exact) mass is 231 g/mol. The fourth-order valence-electron chi connectivity index (χ4n) is 1.66. The second kappa shape index (κ2) is 4.29. The lowest BCUT2D eigenvalue weighted by Crippen LogP contribution is -2.13. The van der Waals surface area contributed by atoms with Crippen molar-refractivity contribution < 1.29 is 9.90 Å². The van der Waals surface area contributed by atoms with Crippen LogP contribution in [0.3, 0.4) is 0 Å². The van der Waals surface area contributed by atoms with Crippen LogP contribution in [0.15, 0.2) is 36.4 Å². The molecule has 5 heteroatoms. The smallest absolute Gasteiger partial charge is 0.356 e. The Hall–Kier alpha value is -2.30. The summed E-state index contributed by atoms with van der Waals surface area (Å²) < 4.78 is 1.55. The normalized spacial score (nSPS) is 10.2. The van der Waals surface area contributed by atoms with Crippen LogP contribution in [0.1, 0.15) is 10.5 Å². The van der Waals surface area contributed by atoms with Gasteiger partial charge in [-0.1, -0.05) is 18.2 Å². The first-order valence-corrected chi connectivity index (χ1v) is 5.15. The average Bonchev–Trinajstić information content (AvgIpc) is 2.72. The highest BCUT2D eigenvalue weighted by atomic mass is 16.4. The number of benzene rings is 1. The predicted molar refractivity (Wildman–Crippen MR) is 64.7 cm³/mol. The van der Waals surface area contributed by atoms with Crippen LogP contribution < -0.4 is 4.90 Å². The van der Waals surface area contributed by atoms with E-state index < -0.39 is 5.97 Å². The Bertz CT molecular complexity index is 534. The first-order chi connectivity index (χ1) is 8.09. The lowest BCUT2D eigenvalue weighted by atomic mass is 10.3. The third-order valence-electron chi connectivity index (χ3n) is 2.56. The Morgan fingerprint density at radius 3 is 2.53 bits per heavy atom. The zero-order valence-electron chi connectivity index (χ0n) is 9.66. The van der Waals surface area contributed by atoms with Crippen LogP contribution in [0.5, 0.6) is 0 Å². The molecule has 2 rings (SSSR count). The van der Waals surface area contributed by atoms with E-state index in [2.05, 4.69) is 5.10 Å². The zero-order valence-corrected chi connectivity index (χ0v) is 9.66. The van der Waals surface area contributed by atoms with Gasteiger partial charge >= 0.3 is 5.97 Å². The van der Waals surface area contributed by atoms with E-state index in [1.54, 1.807) is 17.8 Å². The Morgan fingerprint density at radius 2 is 2.00 bits per heavy atom. The molecule has 0 aliphatic rings. The number of para-hydroxylation sites is 1. The number of carboxylic acids is 1. The van der Waals surface area contributed by atoms with E-state index in [-0.39, 0.29) is 5.69 Å². The summed E-state index contributed by atoms with van der Waals surface area (Å²) in [6.07, 6.45) is 0. The molecule has 1 N–H and O–H groups in total. The van der Waals surface area contributed by atoms with Gasteiger partial charge in [0.15, 0.2) is 5.69 Å². The fourth-order valence-corrected chi connectivity index (χ4v) is 1.66. The summed E-state index contributed by atoms with van der Waals surface area (Å²) in [4.78, 5) is 12.7. The van der Waals surface area contributed by atoms with E-state index in [1.807, 2.05) is 42.3 Å². The van der Waals surface area contributed by atoms with Crippen LogP contribution in [-0.2, 0) is 7.05 Å². The molecule has 0 fully saturated rings. The minimum Gasteiger partial charge on any atom is -0.476 e. The van der Waals surface area contributed by atoms with Gasteiger partial charge in [-0.2, -0.15) is 5.10 Å². The van der Waals surface area contributed by atoms with Gasteiger partial charge in [-0.05, 0) is 12.1 Å². The summed E-state index contributed by atoms with van der Waals surface area (Å²) in [5.74, 6) is -0.290. The average molecular weight is 231 g/mol. The van der Waals surface area contributed by atoms with Crippen LogP contribution in [0.2, 0.25) is 0 Å². The molecule has 0 aliphatic carbocycles. The van der Waals surface area contributed by atoms with Gasteiger partial charge in [0.25, 0.3) is 0 Å². The first-order valence-electron chi connectivity index (χ1n) is 5.15. The molecular formula is C12H13N3O2. The van der Waals surface area contributed by atoms with Crippen molar-refractivity contribution in [2.75, 3.05) is 11.9 Å². The highest BCUT2D eigenvalue weighted by Crippen LogP contribution is 2.23. The van der Waals surface area contributed by atoms with Crippen LogP contribution in [0.4, 0.5) is 11.5 Å². The number of nitrogens with zero attached hydrogens (tertiary/aromatic N) is 3. The van der Waals surface area contributed by atoms with Crippen molar-refractivity contribution in [2.45, 2.75) is 0 Å². The summed E-state index contributed by atoms with van der Waals surface area (Å²) in [6.45, 7) is 0. The quantitative estimate of drug-likeness (QED) is 0.876. The van der Waals surface area contributed by atoms with E-state index in [4.69, 9.17) is 5.11 Å². The molecule has 0 amide bonds. The Morgan fingerprint density at radius 1 is 1.35 bits per heavy atom. The third-order valence-corrected chi connectivity index (χ3v) is 2.56. The molecule has 0 radical (unpaired) electrons. The van der Waals surface area contributed by atoms with Crippen molar-refractivity contribution in [3.8, 4) is 0 Å². The second-order valence-electron chi connectivity index (χ2n) is 3.71. The lowest BCUT2D eigenvalue weighted by molar-refractivity contribution is 0.0689. The molecule has 2 aromatic rings. The molecule has 0 unspecified atom stereocenters. The number of hydrogen-bond acceptors (Lipinski definition) is 3. The van der Waals surface area contributed by atoms with Crippen molar-refractivity contribution >= 4 is 17.5 Å². The maximum Gasteiger partial charge on any atom is 0.356 e. The minimum atomic E-state index is -1.02. The molecule has 1 heterocycles. The first kappa shape index (κ1) is 11.2. The molecule has 1 aromatic heterocycles. The summed E-state index contributed by atoms with van der Waals surface area (Å²) in [5, 5.41) is 12.8.